The smallest absolute Gasteiger partial charge is 0.340 e. The number of carbonyl (C=O) groups is 2. The van der Waals surface area contributed by atoms with Gasteiger partial charge in [-0.25, -0.2) is 4.79 Å². The van der Waals surface area contributed by atoms with Gasteiger partial charge in [-0.1, -0.05) is 12.1 Å². The van der Waals surface area contributed by atoms with Crippen molar-refractivity contribution in [2.24, 2.45) is 0 Å². The van der Waals surface area contributed by atoms with E-state index in [1.165, 1.54) is 11.3 Å². The lowest BCUT2D eigenvalue weighted by atomic mass is 9.96. The Kier molecular flexibility index (Phi) is 5.93. The van der Waals surface area contributed by atoms with Gasteiger partial charge in [0.15, 0.2) is 6.10 Å². The molecule has 0 saturated heterocycles. The van der Waals surface area contributed by atoms with E-state index in [4.69, 9.17) is 9.47 Å². The summed E-state index contributed by atoms with van der Waals surface area (Å²) in [6.45, 7) is 3.96. The first kappa shape index (κ1) is 18.5. The Bertz CT molecular complexity index is 799. The Morgan fingerprint density at radius 3 is 2.81 bits per heavy atom. The maximum absolute atomic E-state index is 12.5. The molecule has 0 fully saturated rings. The molecule has 0 aliphatic heterocycles. The Morgan fingerprint density at radius 2 is 2.00 bits per heavy atom. The van der Waals surface area contributed by atoms with E-state index in [0.29, 0.717) is 23.6 Å². The van der Waals surface area contributed by atoms with Crippen molar-refractivity contribution in [1.82, 2.24) is 0 Å². The first-order valence-electron chi connectivity index (χ1n) is 8.93. The van der Waals surface area contributed by atoms with Gasteiger partial charge in [-0.3, -0.25) is 4.79 Å². The molecule has 1 heterocycles. The van der Waals surface area contributed by atoms with E-state index in [1.54, 1.807) is 30.4 Å². The third kappa shape index (κ3) is 4.07. The summed E-state index contributed by atoms with van der Waals surface area (Å²) >= 11 is 1.61. The minimum Gasteiger partial charge on any atom is -0.492 e. The molecule has 0 radical (unpaired) electrons. The number of nitrogens with one attached hydrogen (secondary N) is 1. The van der Waals surface area contributed by atoms with Crippen molar-refractivity contribution in [3.63, 3.8) is 0 Å². The van der Waals surface area contributed by atoms with Gasteiger partial charge in [-0.15, -0.1) is 11.3 Å². The maximum Gasteiger partial charge on any atom is 0.340 e. The average molecular weight is 373 g/mol. The number of para-hydroxylation sites is 2. The van der Waals surface area contributed by atoms with E-state index in [0.717, 1.165) is 24.8 Å². The summed E-state index contributed by atoms with van der Waals surface area (Å²) in [5.74, 6) is -0.214. The van der Waals surface area contributed by atoms with Gasteiger partial charge >= 0.3 is 5.97 Å². The number of hydrogen-bond donors (Lipinski definition) is 1. The fourth-order valence-corrected chi connectivity index (χ4v) is 4.14. The number of fused-ring (bicyclic) bond motifs is 1. The number of benzene rings is 1. The number of amides is 1. The van der Waals surface area contributed by atoms with Crippen molar-refractivity contribution in [3.8, 4) is 5.75 Å². The van der Waals surface area contributed by atoms with Crippen LogP contribution in [-0.4, -0.2) is 24.6 Å². The summed E-state index contributed by atoms with van der Waals surface area (Å²) in [4.78, 5) is 26.2. The largest absolute Gasteiger partial charge is 0.492 e. The van der Waals surface area contributed by atoms with Gasteiger partial charge in [-0.05, 0) is 57.2 Å². The lowest BCUT2D eigenvalue weighted by Gasteiger charge is -2.16. The molecular weight excluding hydrogens is 350 g/mol. The van der Waals surface area contributed by atoms with Crippen LogP contribution in [-0.2, 0) is 22.4 Å². The summed E-state index contributed by atoms with van der Waals surface area (Å²) in [5.41, 5.74) is 2.27. The molecule has 0 spiro atoms. The van der Waals surface area contributed by atoms with Gasteiger partial charge in [0.2, 0.25) is 0 Å². The molecule has 26 heavy (non-hydrogen) atoms. The highest BCUT2D eigenvalue weighted by atomic mass is 32.1. The van der Waals surface area contributed by atoms with E-state index < -0.39 is 12.1 Å². The highest BCUT2D eigenvalue weighted by molar-refractivity contribution is 7.10. The fraction of sp³-hybridized carbons (Fsp3) is 0.400. The maximum atomic E-state index is 12.5. The lowest BCUT2D eigenvalue weighted by Crippen LogP contribution is -2.30. The number of anilines is 1. The Balaban J connectivity index is 1.64. The first-order chi connectivity index (χ1) is 12.6. The molecule has 1 aromatic heterocycles. The van der Waals surface area contributed by atoms with E-state index in [9.17, 15) is 9.59 Å². The second-order valence-electron chi connectivity index (χ2n) is 6.22. The van der Waals surface area contributed by atoms with Crippen LogP contribution in [0.15, 0.2) is 29.6 Å². The Morgan fingerprint density at radius 1 is 1.23 bits per heavy atom. The zero-order chi connectivity index (χ0) is 18.5. The second-order valence-corrected chi connectivity index (χ2v) is 7.19. The number of aryl methyl sites for hydroxylation is 1. The van der Waals surface area contributed by atoms with Gasteiger partial charge in [0, 0.05) is 10.3 Å². The molecule has 0 saturated carbocycles. The van der Waals surface area contributed by atoms with Crippen molar-refractivity contribution in [2.75, 3.05) is 11.9 Å². The van der Waals surface area contributed by atoms with E-state index in [-0.39, 0.29) is 5.91 Å². The normalized spacial score (nSPS) is 14.2. The third-order valence-electron chi connectivity index (χ3n) is 4.38. The highest BCUT2D eigenvalue weighted by Crippen LogP contribution is 2.31. The third-order valence-corrected chi connectivity index (χ3v) is 5.47. The molecule has 0 bridgehead atoms. The van der Waals surface area contributed by atoms with Crippen molar-refractivity contribution in [2.45, 2.75) is 45.6 Å². The summed E-state index contributed by atoms with van der Waals surface area (Å²) in [6, 6.07) is 7.19. The summed E-state index contributed by atoms with van der Waals surface area (Å²) in [6.07, 6.45) is 3.30. The van der Waals surface area contributed by atoms with Crippen molar-refractivity contribution in [3.05, 3.63) is 45.6 Å². The van der Waals surface area contributed by atoms with Crippen LogP contribution < -0.4 is 10.1 Å². The van der Waals surface area contributed by atoms with Crippen molar-refractivity contribution >= 4 is 28.9 Å². The lowest BCUT2D eigenvalue weighted by molar-refractivity contribution is -0.123. The molecule has 5 nitrogen and oxygen atoms in total. The van der Waals surface area contributed by atoms with Crippen LogP contribution in [0, 0.1) is 0 Å². The van der Waals surface area contributed by atoms with Crippen LogP contribution in [0.3, 0.4) is 0 Å². The molecule has 3 rings (SSSR count). The minimum atomic E-state index is -0.892. The van der Waals surface area contributed by atoms with Crippen LogP contribution >= 0.6 is 11.3 Å². The predicted molar refractivity (Wildman–Crippen MR) is 102 cm³/mol. The minimum absolute atomic E-state index is 0.380. The number of carbonyl (C=O) groups excluding carboxylic acids is 2. The molecule has 0 unspecified atom stereocenters. The second kappa shape index (κ2) is 8.36. The SMILES string of the molecule is CCOc1ccccc1NC(=O)[C@H](C)OC(=O)c1csc2c1CCCC2. The molecule has 1 amide bonds. The predicted octanol–water partition coefficient (Wildman–Crippen LogP) is 4.21. The standard InChI is InChI=1S/C20H23NO4S/c1-3-24-17-10-6-5-9-16(17)21-19(22)13(2)25-20(23)15-12-26-18-11-7-4-8-14(15)18/h5-6,9-10,12-13H,3-4,7-8,11H2,1-2H3,(H,21,22)/t13-/m0/s1. The molecule has 2 aromatic rings. The molecule has 1 aliphatic carbocycles. The number of hydrogen-bond acceptors (Lipinski definition) is 5. The number of thiophene rings is 1. The topological polar surface area (TPSA) is 64.6 Å². The van der Waals surface area contributed by atoms with Gasteiger partial charge in [-0.2, -0.15) is 0 Å². The van der Waals surface area contributed by atoms with Gasteiger partial charge in [0.25, 0.3) is 5.91 Å². The Hall–Kier alpha value is -2.34. The van der Waals surface area contributed by atoms with Gasteiger partial charge in [0.05, 0.1) is 17.9 Å². The van der Waals surface area contributed by atoms with Gasteiger partial charge < -0.3 is 14.8 Å². The summed E-state index contributed by atoms with van der Waals surface area (Å²) in [5, 5.41) is 4.62. The van der Waals surface area contributed by atoms with Crippen LogP contribution in [0.4, 0.5) is 5.69 Å². The molecule has 6 heteroatoms. The Labute approximate surface area is 157 Å². The first-order valence-corrected chi connectivity index (χ1v) is 9.81. The van der Waals surface area contributed by atoms with Crippen molar-refractivity contribution in [1.29, 1.82) is 0 Å². The van der Waals surface area contributed by atoms with E-state index in [2.05, 4.69) is 5.32 Å². The molecule has 1 aromatic carbocycles. The van der Waals surface area contributed by atoms with Crippen LogP contribution in [0.2, 0.25) is 0 Å². The fourth-order valence-electron chi connectivity index (χ4n) is 3.03. The average Bonchev–Trinajstić information content (AvgIpc) is 3.07. The molecule has 1 N–H and O–H groups in total. The highest BCUT2D eigenvalue weighted by Gasteiger charge is 2.25. The summed E-state index contributed by atoms with van der Waals surface area (Å²) < 4.78 is 10.9. The number of esters is 1. The van der Waals surface area contributed by atoms with Crippen molar-refractivity contribution < 1.29 is 19.1 Å². The molecule has 1 aliphatic rings. The van der Waals surface area contributed by atoms with Crippen LogP contribution in [0.1, 0.15) is 47.5 Å². The zero-order valence-electron chi connectivity index (χ0n) is 15.0. The van der Waals surface area contributed by atoms with Crippen LogP contribution in [0.25, 0.3) is 0 Å². The number of ether oxygens (including phenoxy) is 2. The zero-order valence-corrected chi connectivity index (χ0v) is 15.9. The quantitative estimate of drug-likeness (QED) is 0.771. The monoisotopic (exact) mass is 373 g/mol. The molecule has 138 valence electrons. The van der Waals surface area contributed by atoms with Gasteiger partial charge in [0.1, 0.15) is 5.75 Å². The molecule has 1 atom stereocenters. The van der Waals surface area contributed by atoms with E-state index in [1.807, 2.05) is 24.4 Å². The summed E-state index contributed by atoms with van der Waals surface area (Å²) in [7, 11) is 0. The van der Waals surface area contributed by atoms with E-state index >= 15 is 0 Å². The number of rotatable bonds is 6. The molecular formula is C20H23NO4S. The van der Waals surface area contributed by atoms with Crippen LogP contribution in [0.5, 0.6) is 5.75 Å².